The van der Waals surface area contributed by atoms with Crippen LogP contribution < -0.4 is 10.5 Å². The lowest BCUT2D eigenvalue weighted by Gasteiger charge is -2.48. The third-order valence-electron chi connectivity index (χ3n) is 8.76. The van der Waals surface area contributed by atoms with Crippen LogP contribution >= 0.6 is 0 Å². The highest BCUT2D eigenvalue weighted by molar-refractivity contribution is 5.98. The van der Waals surface area contributed by atoms with Crippen LogP contribution in [-0.2, 0) is 5.54 Å². The molecule has 208 valence electrons. The number of imidazole rings is 1. The van der Waals surface area contributed by atoms with Crippen LogP contribution in [0.1, 0.15) is 71.1 Å². The fraction of sp³-hybridized carbons (Fsp3) is 0.333. The molecule has 11 heteroatoms. The Morgan fingerprint density at radius 3 is 2.71 bits per heavy atom. The van der Waals surface area contributed by atoms with Crippen LogP contribution in [0.15, 0.2) is 48.8 Å². The lowest BCUT2D eigenvalue weighted by Crippen LogP contribution is -2.54. The molecule has 41 heavy (non-hydrogen) atoms. The van der Waals surface area contributed by atoms with Gasteiger partial charge in [-0.1, -0.05) is 6.07 Å². The quantitative estimate of drug-likeness (QED) is 0.365. The number of carbonyl (C=O) groups is 1. The largest absolute Gasteiger partial charge is 0.434 e. The molecule has 3 aliphatic rings. The molecule has 1 saturated carbocycles. The van der Waals surface area contributed by atoms with Crippen molar-refractivity contribution in [3.63, 3.8) is 0 Å². The van der Waals surface area contributed by atoms with Crippen molar-refractivity contribution in [3.8, 4) is 22.9 Å². The maximum absolute atomic E-state index is 15.3. The highest BCUT2D eigenvalue weighted by Crippen LogP contribution is 2.53. The van der Waals surface area contributed by atoms with E-state index in [-0.39, 0.29) is 23.4 Å². The van der Waals surface area contributed by atoms with Gasteiger partial charge in [-0.3, -0.25) is 9.78 Å². The molecule has 3 aromatic heterocycles. The van der Waals surface area contributed by atoms with Crippen molar-refractivity contribution < 1.29 is 22.7 Å². The zero-order valence-electron chi connectivity index (χ0n) is 22.2. The van der Waals surface area contributed by atoms with Gasteiger partial charge >= 0.3 is 6.61 Å². The van der Waals surface area contributed by atoms with Crippen molar-refractivity contribution in [1.29, 1.82) is 5.26 Å². The van der Waals surface area contributed by atoms with E-state index in [1.165, 1.54) is 18.2 Å². The minimum absolute atomic E-state index is 0.0371. The lowest BCUT2D eigenvalue weighted by atomic mass is 9.58. The van der Waals surface area contributed by atoms with Gasteiger partial charge in [-0.2, -0.15) is 14.0 Å². The Labute approximate surface area is 233 Å². The van der Waals surface area contributed by atoms with E-state index >= 15 is 4.39 Å². The van der Waals surface area contributed by atoms with Crippen LogP contribution in [-0.4, -0.2) is 38.8 Å². The van der Waals surface area contributed by atoms with Crippen LogP contribution in [0.2, 0.25) is 0 Å². The van der Waals surface area contributed by atoms with E-state index < -0.39 is 29.3 Å². The SMILES string of the molecule is CN1C(=O)c2cccc(OC(F)F)c2C2CC1c1nc3ccc(-c4cnc(C5(N)CC(C)(C#N)C5)c(F)c4)cn3c12. The summed E-state index contributed by atoms with van der Waals surface area (Å²) in [6, 6.07) is 11.5. The Balaban J connectivity index is 1.33. The molecule has 2 aliphatic carbocycles. The summed E-state index contributed by atoms with van der Waals surface area (Å²) >= 11 is 0. The minimum Gasteiger partial charge on any atom is -0.434 e. The van der Waals surface area contributed by atoms with Crippen LogP contribution in [0.5, 0.6) is 5.75 Å². The molecule has 2 unspecified atom stereocenters. The number of alkyl halides is 2. The van der Waals surface area contributed by atoms with Gasteiger partial charge in [0.05, 0.1) is 40.1 Å². The summed E-state index contributed by atoms with van der Waals surface area (Å²) in [6.45, 7) is -1.25. The Morgan fingerprint density at radius 1 is 1.22 bits per heavy atom. The zero-order chi connectivity index (χ0) is 28.8. The fourth-order valence-electron chi connectivity index (χ4n) is 7.06. The number of ether oxygens (including phenoxy) is 1. The van der Waals surface area contributed by atoms with Gasteiger partial charge in [0.1, 0.15) is 17.2 Å². The van der Waals surface area contributed by atoms with Gasteiger partial charge in [0.15, 0.2) is 0 Å². The number of aromatic nitrogens is 3. The van der Waals surface area contributed by atoms with Crippen molar-refractivity contribution in [3.05, 3.63) is 82.8 Å². The van der Waals surface area contributed by atoms with Crippen molar-refractivity contribution in [2.75, 3.05) is 7.05 Å². The Hall–Kier alpha value is -4.43. The van der Waals surface area contributed by atoms with Gasteiger partial charge < -0.3 is 19.8 Å². The molecule has 1 aliphatic heterocycles. The number of hydrogen-bond acceptors (Lipinski definition) is 6. The Kier molecular flexibility index (Phi) is 5.32. The number of pyridine rings is 2. The number of amides is 1. The first-order valence-corrected chi connectivity index (χ1v) is 13.3. The van der Waals surface area contributed by atoms with Crippen LogP contribution in [0.3, 0.4) is 0 Å². The first-order valence-electron chi connectivity index (χ1n) is 13.3. The van der Waals surface area contributed by atoms with Crippen molar-refractivity contribution in [2.45, 2.75) is 50.3 Å². The molecule has 0 spiro atoms. The topological polar surface area (TPSA) is 110 Å². The number of rotatable bonds is 4. The summed E-state index contributed by atoms with van der Waals surface area (Å²) in [6.07, 6.45) is 4.50. The maximum Gasteiger partial charge on any atom is 0.387 e. The zero-order valence-corrected chi connectivity index (χ0v) is 22.2. The van der Waals surface area contributed by atoms with E-state index in [1.807, 2.05) is 10.6 Å². The van der Waals surface area contributed by atoms with Gasteiger partial charge in [-0.15, -0.1) is 0 Å². The number of carbonyl (C=O) groups excluding carboxylic acids is 1. The predicted octanol–water partition coefficient (Wildman–Crippen LogP) is 5.28. The van der Waals surface area contributed by atoms with Gasteiger partial charge in [0.25, 0.3) is 5.91 Å². The lowest BCUT2D eigenvalue weighted by molar-refractivity contribution is -0.0506. The summed E-state index contributed by atoms with van der Waals surface area (Å²) in [5.74, 6) is -1.29. The smallest absolute Gasteiger partial charge is 0.387 e. The summed E-state index contributed by atoms with van der Waals surface area (Å²) < 4.78 is 48.8. The average molecular weight is 559 g/mol. The second-order valence-electron chi connectivity index (χ2n) is 11.6. The van der Waals surface area contributed by atoms with E-state index in [1.54, 1.807) is 43.3 Å². The molecule has 0 saturated heterocycles. The second kappa shape index (κ2) is 8.54. The van der Waals surface area contributed by atoms with E-state index in [4.69, 9.17) is 15.5 Å². The van der Waals surface area contributed by atoms with Gasteiger partial charge in [-0.25, -0.2) is 9.37 Å². The summed E-state index contributed by atoms with van der Waals surface area (Å²) in [7, 11) is 1.69. The standard InChI is InChI=1S/C30H25F3N6O2/c1-29(14-34)12-30(35,13-29)26-19(31)8-16(10-36-26)15-6-7-22-37-24-20-9-18(25(24)39(22)11-15)23-17(27(40)38(20)2)4-3-5-21(23)41-28(32)33/h3-8,10-11,18,20,28H,9,12-13,35H2,1-2H3. The van der Waals surface area contributed by atoms with Gasteiger partial charge in [0.2, 0.25) is 0 Å². The highest BCUT2D eigenvalue weighted by Gasteiger charge is 2.53. The number of nitrogens with zero attached hydrogens (tertiary/aromatic N) is 5. The monoisotopic (exact) mass is 558 g/mol. The molecule has 4 heterocycles. The van der Waals surface area contributed by atoms with Crippen molar-refractivity contribution >= 4 is 11.6 Å². The first-order chi connectivity index (χ1) is 19.5. The number of nitrogens with two attached hydrogens (primary N) is 1. The molecular weight excluding hydrogens is 533 g/mol. The van der Waals surface area contributed by atoms with Crippen LogP contribution in [0.4, 0.5) is 13.2 Å². The van der Waals surface area contributed by atoms with E-state index in [0.717, 1.165) is 5.69 Å². The normalized spacial score (nSPS) is 26.4. The molecule has 2 N–H and O–H groups in total. The van der Waals surface area contributed by atoms with E-state index in [2.05, 4.69) is 11.1 Å². The second-order valence-corrected chi connectivity index (χ2v) is 11.6. The molecule has 2 atom stereocenters. The molecule has 1 amide bonds. The molecule has 1 aromatic carbocycles. The van der Waals surface area contributed by atoms with Crippen molar-refractivity contribution in [2.24, 2.45) is 11.1 Å². The van der Waals surface area contributed by atoms with Gasteiger partial charge in [-0.05, 0) is 56.5 Å². The summed E-state index contributed by atoms with van der Waals surface area (Å²) in [5.41, 5.74) is 8.94. The van der Waals surface area contributed by atoms with Crippen molar-refractivity contribution in [1.82, 2.24) is 19.3 Å². The molecule has 8 nitrogen and oxygen atoms in total. The fourth-order valence-corrected chi connectivity index (χ4v) is 7.06. The summed E-state index contributed by atoms with van der Waals surface area (Å²) in [5, 5.41) is 9.34. The maximum atomic E-state index is 15.3. The number of benzene rings is 1. The number of fused-ring (bicyclic) bond motifs is 9. The molecule has 0 radical (unpaired) electrons. The highest BCUT2D eigenvalue weighted by atomic mass is 19.3. The van der Waals surface area contributed by atoms with Crippen LogP contribution in [0, 0.1) is 22.6 Å². The Bertz CT molecular complexity index is 1810. The number of hydrogen-bond donors (Lipinski definition) is 1. The Morgan fingerprint density at radius 2 is 2.00 bits per heavy atom. The minimum atomic E-state index is -3.05. The van der Waals surface area contributed by atoms with Gasteiger partial charge in [0, 0.05) is 47.6 Å². The molecule has 7 rings (SSSR count). The van der Waals surface area contributed by atoms with E-state index in [0.29, 0.717) is 52.9 Å². The third-order valence-corrected chi connectivity index (χ3v) is 8.76. The number of halogens is 3. The van der Waals surface area contributed by atoms with E-state index in [9.17, 15) is 18.8 Å². The van der Waals surface area contributed by atoms with Crippen LogP contribution in [0.25, 0.3) is 16.8 Å². The summed E-state index contributed by atoms with van der Waals surface area (Å²) in [4.78, 5) is 24.1. The first kappa shape index (κ1) is 25.5. The third kappa shape index (κ3) is 3.67. The molecule has 2 bridgehead atoms. The average Bonchev–Trinajstić information content (AvgIpc) is 3.44. The molecule has 1 fully saturated rings. The predicted molar refractivity (Wildman–Crippen MR) is 142 cm³/mol. The molecule has 4 aromatic rings. The molecular formula is C30H25F3N6O2. The number of nitriles is 1.